The fourth-order valence-electron chi connectivity index (χ4n) is 2.09. The van der Waals surface area contributed by atoms with Crippen LogP contribution in [0.2, 0.25) is 0 Å². The van der Waals surface area contributed by atoms with Gasteiger partial charge in [-0.25, -0.2) is 4.39 Å². The lowest BCUT2D eigenvalue weighted by Gasteiger charge is -2.04. The van der Waals surface area contributed by atoms with Crippen LogP contribution in [0.1, 0.15) is 16.3 Å². The number of hydrogen-bond donors (Lipinski definition) is 1. The first-order chi connectivity index (χ1) is 12.1. The fourth-order valence-corrected chi connectivity index (χ4v) is 2.42. The van der Waals surface area contributed by atoms with E-state index < -0.39 is 0 Å². The number of ether oxygens (including phenoxy) is 1. The van der Waals surface area contributed by atoms with Gasteiger partial charge in [-0.1, -0.05) is 0 Å². The number of nitrogens with zero attached hydrogens (tertiary/aromatic N) is 2. The fraction of sp³-hybridized carbons (Fsp3) is 0.176. The Balaban J connectivity index is 1.46. The van der Waals surface area contributed by atoms with Crippen molar-refractivity contribution in [1.82, 2.24) is 15.1 Å². The van der Waals surface area contributed by atoms with Gasteiger partial charge < -0.3 is 14.5 Å². The van der Waals surface area contributed by atoms with Crippen LogP contribution in [0.5, 0.6) is 5.75 Å². The van der Waals surface area contributed by atoms with Crippen LogP contribution in [0.3, 0.4) is 0 Å². The molecule has 0 fully saturated rings. The summed E-state index contributed by atoms with van der Waals surface area (Å²) in [5, 5.41) is 6.86. The first kappa shape index (κ1) is 17.2. The van der Waals surface area contributed by atoms with Crippen LogP contribution in [0.25, 0.3) is 0 Å². The van der Waals surface area contributed by atoms with Crippen LogP contribution in [-0.2, 0) is 13.2 Å². The predicted octanol–water partition coefficient (Wildman–Crippen LogP) is 3.39. The first-order valence-electron chi connectivity index (χ1n) is 7.53. The highest BCUT2D eigenvalue weighted by Gasteiger charge is 2.11. The molecule has 0 aliphatic rings. The average molecular weight is 408 g/mol. The minimum Gasteiger partial charge on any atom is -0.486 e. The molecule has 0 aliphatic heterocycles. The van der Waals surface area contributed by atoms with Crippen molar-refractivity contribution in [1.29, 1.82) is 0 Å². The van der Waals surface area contributed by atoms with Crippen molar-refractivity contribution in [2.45, 2.75) is 13.2 Å². The van der Waals surface area contributed by atoms with Gasteiger partial charge >= 0.3 is 0 Å². The minimum atomic E-state index is -0.327. The summed E-state index contributed by atoms with van der Waals surface area (Å²) in [7, 11) is 0. The number of furan rings is 1. The molecule has 6 nitrogen and oxygen atoms in total. The number of amides is 1. The number of rotatable bonds is 7. The van der Waals surface area contributed by atoms with Crippen LogP contribution in [0.15, 0.2) is 57.7 Å². The van der Waals surface area contributed by atoms with E-state index in [2.05, 4.69) is 26.3 Å². The molecule has 0 unspecified atom stereocenters. The summed E-state index contributed by atoms with van der Waals surface area (Å²) in [6.45, 7) is 1.13. The second kappa shape index (κ2) is 7.98. The molecule has 2 aromatic heterocycles. The number of benzene rings is 1. The van der Waals surface area contributed by atoms with Gasteiger partial charge in [0, 0.05) is 12.7 Å². The number of carbonyl (C=O) groups is 1. The van der Waals surface area contributed by atoms with Crippen molar-refractivity contribution in [3.05, 3.63) is 70.6 Å². The molecule has 130 valence electrons. The zero-order valence-corrected chi connectivity index (χ0v) is 14.7. The predicted molar refractivity (Wildman–Crippen MR) is 91.7 cm³/mol. The molecule has 8 heteroatoms. The van der Waals surface area contributed by atoms with Gasteiger partial charge in [0.1, 0.15) is 23.9 Å². The molecule has 1 aromatic carbocycles. The maximum absolute atomic E-state index is 12.8. The summed E-state index contributed by atoms with van der Waals surface area (Å²) in [5.41, 5.74) is 0. The van der Waals surface area contributed by atoms with E-state index in [4.69, 9.17) is 9.15 Å². The first-order valence-corrected chi connectivity index (χ1v) is 8.33. The Morgan fingerprint density at radius 1 is 1.28 bits per heavy atom. The standard InChI is InChI=1S/C17H15BrFN3O3/c18-12-9-21-22(10-12)8-7-20-17(23)16-6-5-15(25-16)11-24-14-3-1-13(19)2-4-14/h1-6,9-10H,7-8,11H2,(H,20,23). The molecule has 0 spiro atoms. The quantitative estimate of drug-likeness (QED) is 0.651. The van der Waals surface area contributed by atoms with Crippen molar-refractivity contribution in [2.75, 3.05) is 6.54 Å². The van der Waals surface area contributed by atoms with Gasteiger partial charge in [-0.2, -0.15) is 5.10 Å². The molecule has 2 heterocycles. The van der Waals surface area contributed by atoms with Gasteiger partial charge in [-0.05, 0) is 52.3 Å². The van der Waals surface area contributed by atoms with Crippen LogP contribution >= 0.6 is 15.9 Å². The van der Waals surface area contributed by atoms with Crippen molar-refractivity contribution in [3.63, 3.8) is 0 Å². The zero-order chi connectivity index (χ0) is 17.6. The maximum Gasteiger partial charge on any atom is 0.287 e. The molecule has 0 bridgehead atoms. The third-order valence-electron chi connectivity index (χ3n) is 3.31. The third-order valence-corrected chi connectivity index (χ3v) is 3.72. The molecule has 25 heavy (non-hydrogen) atoms. The topological polar surface area (TPSA) is 69.3 Å². The van der Waals surface area contributed by atoms with Gasteiger partial charge in [-0.15, -0.1) is 0 Å². The van der Waals surface area contributed by atoms with Gasteiger partial charge in [0.2, 0.25) is 0 Å². The molecule has 0 saturated carbocycles. The molecular formula is C17H15BrFN3O3. The number of aromatic nitrogens is 2. The third kappa shape index (κ3) is 4.93. The lowest BCUT2D eigenvalue weighted by molar-refractivity contribution is 0.0920. The van der Waals surface area contributed by atoms with Crippen LogP contribution in [-0.4, -0.2) is 22.2 Å². The van der Waals surface area contributed by atoms with E-state index in [1.165, 1.54) is 24.3 Å². The molecule has 1 amide bonds. The lowest BCUT2D eigenvalue weighted by Crippen LogP contribution is -2.27. The lowest BCUT2D eigenvalue weighted by atomic mass is 10.3. The largest absolute Gasteiger partial charge is 0.486 e. The van der Waals surface area contributed by atoms with Crippen LogP contribution in [0, 0.1) is 5.82 Å². The van der Waals surface area contributed by atoms with Crippen molar-refractivity contribution in [2.24, 2.45) is 0 Å². The molecule has 0 saturated heterocycles. The Bertz CT molecular complexity index is 845. The molecule has 3 aromatic rings. The highest BCUT2D eigenvalue weighted by Crippen LogP contribution is 2.15. The summed E-state index contributed by atoms with van der Waals surface area (Å²) >= 11 is 3.31. The number of nitrogens with one attached hydrogen (secondary N) is 1. The van der Waals surface area contributed by atoms with E-state index in [1.807, 2.05) is 6.20 Å². The molecule has 3 rings (SSSR count). The zero-order valence-electron chi connectivity index (χ0n) is 13.1. The molecule has 0 aliphatic carbocycles. The van der Waals surface area contributed by atoms with Gasteiger partial charge in [0.05, 0.1) is 17.2 Å². The van der Waals surface area contributed by atoms with Gasteiger partial charge in [0.15, 0.2) is 5.76 Å². The number of carbonyl (C=O) groups excluding carboxylic acids is 1. The summed E-state index contributed by atoms with van der Waals surface area (Å²) in [6, 6.07) is 8.94. The summed E-state index contributed by atoms with van der Waals surface area (Å²) in [4.78, 5) is 12.0. The Labute approximate surface area is 151 Å². The molecule has 1 N–H and O–H groups in total. The van der Waals surface area contributed by atoms with Gasteiger partial charge in [0.25, 0.3) is 5.91 Å². The summed E-state index contributed by atoms with van der Waals surface area (Å²) in [6.07, 6.45) is 3.51. The van der Waals surface area contributed by atoms with E-state index in [0.29, 0.717) is 24.6 Å². The van der Waals surface area contributed by atoms with Crippen LogP contribution in [0.4, 0.5) is 4.39 Å². The summed E-state index contributed by atoms with van der Waals surface area (Å²) in [5.74, 6) is 0.602. The Morgan fingerprint density at radius 2 is 2.08 bits per heavy atom. The monoisotopic (exact) mass is 407 g/mol. The smallest absolute Gasteiger partial charge is 0.287 e. The molecule has 0 radical (unpaired) electrons. The van der Waals surface area contributed by atoms with Crippen molar-refractivity contribution < 1.29 is 18.3 Å². The number of halogens is 2. The van der Waals surface area contributed by atoms with E-state index in [-0.39, 0.29) is 24.1 Å². The maximum atomic E-state index is 12.8. The Hall–Kier alpha value is -2.61. The van der Waals surface area contributed by atoms with E-state index in [1.54, 1.807) is 23.0 Å². The van der Waals surface area contributed by atoms with E-state index in [0.717, 1.165) is 4.47 Å². The highest BCUT2D eigenvalue weighted by molar-refractivity contribution is 9.10. The van der Waals surface area contributed by atoms with Crippen LogP contribution < -0.4 is 10.1 Å². The molecular weight excluding hydrogens is 393 g/mol. The summed E-state index contributed by atoms with van der Waals surface area (Å²) < 4.78 is 26.4. The Morgan fingerprint density at radius 3 is 2.80 bits per heavy atom. The van der Waals surface area contributed by atoms with Crippen molar-refractivity contribution >= 4 is 21.8 Å². The number of hydrogen-bond acceptors (Lipinski definition) is 4. The average Bonchev–Trinajstić information content (AvgIpc) is 3.23. The SMILES string of the molecule is O=C(NCCn1cc(Br)cn1)c1ccc(COc2ccc(F)cc2)o1. The highest BCUT2D eigenvalue weighted by atomic mass is 79.9. The normalized spacial score (nSPS) is 10.6. The van der Waals surface area contributed by atoms with E-state index in [9.17, 15) is 9.18 Å². The molecule has 0 atom stereocenters. The van der Waals surface area contributed by atoms with E-state index >= 15 is 0 Å². The minimum absolute atomic E-state index is 0.153. The Kier molecular flexibility index (Phi) is 5.49. The van der Waals surface area contributed by atoms with Crippen molar-refractivity contribution in [3.8, 4) is 5.75 Å². The second-order valence-electron chi connectivity index (χ2n) is 5.19. The van der Waals surface area contributed by atoms with Gasteiger partial charge in [-0.3, -0.25) is 9.48 Å². The second-order valence-corrected chi connectivity index (χ2v) is 6.10.